The van der Waals surface area contributed by atoms with Crippen LogP contribution in [-0.2, 0) is 4.84 Å². The lowest BCUT2D eigenvalue weighted by molar-refractivity contribution is -1.05. The summed E-state index contributed by atoms with van der Waals surface area (Å²) in [6.45, 7) is 5.44. The molecule has 1 atom stereocenters. The standard InChI is InChI=1S/C7H14N2O2/c1-3-4-5-6-7(2)11-9(8)10/h3-4,9H,2,5-6,8H2,1H3/b4-3-. The summed E-state index contributed by atoms with van der Waals surface area (Å²) in [5, 5.41) is 9.37. The number of allylic oxidation sites excluding steroid dienone is 3. The van der Waals surface area contributed by atoms with Gasteiger partial charge in [-0.05, 0) is 13.3 Å². The van der Waals surface area contributed by atoms with Gasteiger partial charge in [-0.3, -0.25) is 0 Å². The van der Waals surface area contributed by atoms with Crippen LogP contribution < -0.4 is 11.2 Å². The van der Waals surface area contributed by atoms with Gasteiger partial charge in [-0.2, -0.15) is 0 Å². The summed E-state index contributed by atoms with van der Waals surface area (Å²) in [4.78, 5) is 4.51. The molecule has 0 aliphatic carbocycles. The van der Waals surface area contributed by atoms with E-state index in [2.05, 4.69) is 11.4 Å². The molecule has 0 rings (SSSR count). The Bertz CT molecular complexity index is 143. The molecule has 4 nitrogen and oxygen atoms in total. The van der Waals surface area contributed by atoms with E-state index < -0.39 is 5.34 Å². The van der Waals surface area contributed by atoms with Gasteiger partial charge in [0.05, 0.1) is 0 Å². The van der Waals surface area contributed by atoms with Crippen molar-refractivity contribution in [3.63, 3.8) is 0 Å². The Hall–Kier alpha value is -0.840. The summed E-state index contributed by atoms with van der Waals surface area (Å²) in [6.07, 6.45) is 5.35. The van der Waals surface area contributed by atoms with Crippen LogP contribution in [-0.4, -0.2) is 0 Å². The topological polar surface area (TPSA) is 62.8 Å². The van der Waals surface area contributed by atoms with Gasteiger partial charge in [0.1, 0.15) is 0 Å². The molecule has 0 amide bonds. The van der Waals surface area contributed by atoms with Crippen molar-refractivity contribution >= 4 is 0 Å². The lowest BCUT2D eigenvalue weighted by Crippen LogP contribution is -3.12. The summed E-state index contributed by atoms with van der Waals surface area (Å²) in [6, 6.07) is 0. The molecule has 0 radical (unpaired) electrons. The third-order valence-corrected chi connectivity index (χ3v) is 1.07. The Morgan fingerprint density at radius 2 is 2.45 bits per heavy atom. The fourth-order valence-corrected chi connectivity index (χ4v) is 0.604. The molecular weight excluding hydrogens is 144 g/mol. The Balaban J connectivity index is 3.37. The van der Waals surface area contributed by atoms with Crippen LogP contribution in [0.15, 0.2) is 24.5 Å². The van der Waals surface area contributed by atoms with Gasteiger partial charge in [0.25, 0.3) is 0 Å². The van der Waals surface area contributed by atoms with Crippen molar-refractivity contribution in [2.24, 2.45) is 5.84 Å². The number of nitrogens with one attached hydrogen (secondary N) is 1. The van der Waals surface area contributed by atoms with E-state index >= 15 is 0 Å². The van der Waals surface area contributed by atoms with E-state index in [1.54, 1.807) is 0 Å². The fourth-order valence-electron chi connectivity index (χ4n) is 0.604. The molecule has 4 heteroatoms. The molecule has 0 aromatic carbocycles. The van der Waals surface area contributed by atoms with Crippen LogP contribution in [0.25, 0.3) is 0 Å². The van der Waals surface area contributed by atoms with Gasteiger partial charge in [0, 0.05) is 6.42 Å². The second-order valence-electron chi connectivity index (χ2n) is 2.07. The quantitative estimate of drug-likeness (QED) is 0.257. The molecule has 0 heterocycles. The Kier molecular flexibility index (Phi) is 5.46. The van der Waals surface area contributed by atoms with Gasteiger partial charge in [0.2, 0.25) is 0 Å². The highest BCUT2D eigenvalue weighted by Crippen LogP contribution is 2.00. The van der Waals surface area contributed by atoms with Crippen molar-refractivity contribution in [3.8, 4) is 0 Å². The molecule has 0 saturated carbocycles. The van der Waals surface area contributed by atoms with Gasteiger partial charge in [0.15, 0.2) is 5.76 Å². The SMILES string of the molecule is C=C(CC/C=C\C)O[NH+](N)[O-]. The first-order valence-corrected chi connectivity index (χ1v) is 3.43. The molecule has 0 saturated heterocycles. The van der Waals surface area contributed by atoms with Gasteiger partial charge in [-0.15, -0.1) is 11.2 Å². The zero-order chi connectivity index (χ0) is 8.69. The molecule has 64 valence electrons. The first kappa shape index (κ1) is 10.2. The van der Waals surface area contributed by atoms with Crippen molar-refractivity contribution in [2.75, 3.05) is 0 Å². The summed E-state index contributed by atoms with van der Waals surface area (Å²) in [5.74, 6) is 5.17. The highest BCUT2D eigenvalue weighted by Gasteiger charge is 1.95. The average Bonchev–Trinajstić information content (AvgIpc) is 1.86. The van der Waals surface area contributed by atoms with Crippen LogP contribution in [0, 0.1) is 5.21 Å². The van der Waals surface area contributed by atoms with Crippen molar-refractivity contribution in [1.29, 1.82) is 0 Å². The highest BCUT2D eigenvalue weighted by atomic mass is 16.9. The molecule has 3 N–H and O–H groups in total. The molecule has 0 spiro atoms. The Labute approximate surface area is 66.4 Å². The normalized spacial score (nSPS) is 13.4. The summed E-state index contributed by atoms with van der Waals surface area (Å²) in [5.41, 5.74) is 0. The molecule has 11 heavy (non-hydrogen) atoms. The van der Waals surface area contributed by atoms with Crippen molar-refractivity contribution in [1.82, 2.24) is 0 Å². The molecule has 0 aliphatic rings. The van der Waals surface area contributed by atoms with Crippen molar-refractivity contribution in [3.05, 3.63) is 29.7 Å². The zero-order valence-corrected chi connectivity index (χ0v) is 6.67. The Morgan fingerprint density at radius 1 is 1.82 bits per heavy atom. The number of hydrogen-bond donors (Lipinski definition) is 2. The predicted octanol–water partition coefficient (Wildman–Crippen LogP) is 0.0444. The first-order valence-electron chi connectivity index (χ1n) is 3.43. The van der Waals surface area contributed by atoms with E-state index in [1.165, 1.54) is 0 Å². The van der Waals surface area contributed by atoms with Gasteiger partial charge in [-0.25, -0.2) is 0 Å². The van der Waals surface area contributed by atoms with Gasteiger partial charge < -0.3 is 10.0 Å². The minimum Gasteiger partial charge on any atom is -0.570 e. The lowest BCUT2D eigenvalue weighted by Gasteiger charge is -2.14. The van der Waals surface area contributed by atoms with E-state index in [0.717, 1.165) is 6.42 Å². The highest BCUT2D eigenvalue weighted by molar-refractivity contribution is 4.86. The van der Waals surface area contributed by atoms with E-state index in [0.29, 0.717) is 12.2 Å². The molecule has 0 aliphatic heterocycles. The summed E-state index contributed by atoms with van der Waals surface area (Å²) >= 11 is 0. The largest absolute Gasteiger partial charge is 0.570 e. The molecule has 0 bridgehead atoms. The third kappa shape index (κ3) is 7.05. The van der Waals surface area contributed by atoms with E-state index in [-0.39, 0.29) is 0 Å². The number of hydrogen-bond acceptors (Lipinski definition) is 3. The van der Waals surface area contributed by atoms with Crippen LogP contribution in [0.2, 0.25) is 0 Å². The maximum atomic E-state index is 10.2. The molecular formula is C7H14N2O2. The lowest BCUT2D eigenvalue weighted by atomic mass is 10.3. The van der Waals surface area contributed by atoms with E-state index in [9.17, 15) is 5.21 Å². The number of rotatable bonds is 5. The summed E-state index contributed by atoms with van der Waals surface area (Å²) < 4.78 is 0. The van der Waals surface area contributed by atoms with E-state index in [1.807, 2.05) is 19.1 Å². The molecule has 0 aromatic rings. The van der Waals surface area contributed by atoms with Gasteiger partial charge >= 0.3 is 0 Å². The molecule has 0 fully saturated rings. The maximum Gasteiger partial charge on any atom is 0.163 e. The monoisotopic (exact) mass is 158 g/mol. The van der Waals surface area contributed by atoms with Crippen LogP contribution in [0.4, 0.5) is 0 Å². The average molecular weight is 158 g/mol. The maximum absolute atomic E-state index is 10.2. The van der Waals surface area contributed by atoms with Crippen LogP contribution in [0.3, 0.4) is 0 Å². The predicted molar refractivity (Wildman–Crippen MR) is 42.8 cm³/mol. The van der Waals surface area contributed by atoms with Crippen LogP contribution in [0.5, 0.6) is 0 Å². The minimum absolute atomic E-state index is 0.413. The molecule has 0 aromatic heterocycles. The number of quaternary nitrogens is 1. The zero-order valence-electron chi connectivity index (χ0n) is 6.67. The fraction of sp³-hybridized carbons (Fsp3) is 0.429. The van der Waals surface area contributed by atoms with Crippen molar-refractivity contribution in [2.45, 2.75) is 19.8 Å². The smallest absolute Gasteiger partial charge is 0.163 e. The van der Waals surface area contributed by atoms with Crippen LogP contribution >= 0.6 is 0 Å². The first-order chi connectivity index (χ1) is 5.16. The Morgan fingerprint density at radius 3 is 2.91 bits per heavy atom. The van der Waals surface area contributed by atoms with E-state index in [4.69, 9.17) is 5.84 Å². The van der Waals surface area contributed by atoms with Gasteiger partial charge in [-0.1, -0.05) is 18.7 Å². The summed E-state index contributed by atoms with van der Waals surface area (Å²) in [7, 11) is 0. The number of nitrogens with two attached hydrogens (primary N) is 1. The second kappa shape index (κ2) is 5.91. The van der Waals surface area contributed by atoms with Crippen molar-refractivity contribution < 1.29 is 10.2 Å². The van der Waals surface area contributed by atoms with Crippen LogP contribution in [0.1, 0.15) is 19.8 Å². The third-order valence-electron chi connectivity index (χ3n) is 1.07. The second-order valence-corrected chi connectivity index (χ2v) is 2.07. The minimum atomic E-state index is -0.796. The molecule has 1 unspecified atom stereocenters.